The number of hydrogen-bond donors (Lipinski definition) is 3. The van der Waals surface area contributed by atoms with Crippen LogP contribution in [0.15, 0.2) is 24.3 Å². The van der Waals surface area contributed by atoms with Crippen molar-refractivity contribution in [2.24, 2.45) is 0 Å². The van der Waals surface area contributed by atoms with Crippen LogP contribution in [0.4, 0.5) is 0 Å². The van der Waals surface area contributed by atoms with E-state index in [1.54, 1.807) is 0 Å². The van der Waals surface area contributed by atoms with Gasteiger partial charge in [0, 0.05) is 11.6 Å². The summed E-state index contributed by atoms with van der Waals surface area (Å²) in [7, 11) is 1.91. The summed E-state index contributed by atoms with van der Waals surface area (Å²) in [4.78, 5) is 0. The zero-order valence-electron chi connectivity index (χ0n) is 10.4. The number of benzene rings is 1. The first-order valence-electron chi connectivity index (χ1n) is 5.90. The smallest absolute Gasteiger partial charge is 0.124 e. The molecular formula is C13H21NO3. The predicted octanol–water partition coefficient (Wildman–Crippen LogP) is 1.09. The highest BCUT2D eigenvalue weighted by Crippen LogP contribution is 2.26. The molecule has 17 heavy (non-hydrogen) atoms. The van der Waals surface area contributed by atoms with E-state index in [4.69, 9.17) is 9.84 Å². The number of para-hydroxylation sites is 1. The van der Waals surface area contributed by atoms with E-state index in [-0.39, 0.29) is 19.3 Å². The van der Waals surface area contributed by atoms with Crippen LogP contribution in [0.3, 0.4) is 0 Å². The van der Waals surface area contributed by atoms with Gasteiger partial charge in [-0.15, -0.1) is 0 Å². The summed E-state index contributed by atoms with van der Waals surface area (Å²) in [5.74, 6) is 0.751. The number of aliphatic hydroxyl groups excluding tert-OH is 2. The molecule has 0 saturated heterocycles. The normalized spacial score (nSPS) is 14.4. The van der Waals surface area contributed by atoms with Crippen molar-refractivity contribution in [1.82, 2.24) is 5.32 Å². The third kappa shape index (κ3) is 4.00. The molecule has 3 N–H and O–H groups in total. The molecule has 0 bridgehead atoms. The molecule has 0 fully saturated rings. The van der Waals surface area contributed by atoms with Crippen LogP contribution in [-0.4, -0.2) is 36.6 Å². The van der Waals surface area contributed by atoms with E-state index in [1.165, 1.54) is 0 Å². The van der Waals surface area contributed by atoms with Crippen LogP contribution in [-0.2, 0) is 0 Å². The van der Waals surface area contributed by atoms with Crippen molar-refractivity contribution in [3.8, 4) is 5.75 Å². The molecule has 0 aliphatic rings. The van der Waals surface area contributed by atoms with Gasteiger partial charge in [-0.1, -0.05) is 25.1 Å². The van der Waals surface area contributed by atoms with E-state index in [0.29, 0.717) is 0 Å². The van der Waals surface area contributed by atoms with Crippen molar-refractivity contribution >= 4 is 0 Å². The van der Waals surface area contributed by atoms with Gasteiger partial charge in [0.05, 0.1) is 6.61 Å². The summed E-state index contributed by atoms with van der Waals surface area (Å²) in [6.07, 6.45) is 0.122. The minimum atomic E-state index is -0.835. The first-order chi connectivity index (χ1) is 8.22. The van der Waals surface area contributed by atoms with E-state index >= 15 is 0 Å². The zero-order chi connectivity index (χ0) is 12.7. The number of nitrogens with one attached hydrogen (secondary N) is 1. The Morgan fingerprint density at radius 3 is 2.65 bits per heavy atom. The van der Waals surface area contributed by atoms with Crippen LogP contribution in [0.1, 0.15) is 24.9 Å². The molecule has 1 aromatic carbocycles. The Morgan fingerprint density at radius 2 is 2.06 bits per heavy atom. The Bertz CT molecular complexity index is 326. The molecule has 96 valence electrons. The van der Waals surface area contributed by atoms with Gasteiger partial charge < -0.3 is 20.3 Å². The lowest BCUT2D eigenvalue weighted by atomic mass is 10.0. The monoisotopic (exact) mass is 239 g/mol. The number of rotatable bonds is 7. The SMILES string of the molecule is CCC(NC)c1ccccc1OCC(O)CO. The maximum absolute atomic E-state index is 9.27. The van der Waals surface area contributed by atoms with Crippen LogP contribution in [0, 0.1) is 0 Å². The van der Waals surface area contributed by atoms with Crippen molar-refractivity contribution in [2.45, 2.75) is 25.5 Å². The average molecular weight is 239 g/mol. The Hall–Kier alpha value is -1.10. The molecule has 2 atom stereocenters. The second-order valence-corrected chi connectivity index (χ2v) is 3.93. The van der Waals surface area contributed by atoms with Crippen LogP contribution >= 0.6 is 0 Å². The average Bonchev–Trinajstić information content (AvgIpc) is 2.38. The van der Waals surface area contributed by atoms with Crippen LogP contribution in [0.2, 0.25) is 0 Å². The van der Waals surface area contributed by atoms with Gasteiger partial charge in [0.2, 0.25) is 0 Å². The third-order valence-corrected chi connectivity index (χ3v) is 2.69. The van der Waals surface area contributed by atoms with Crippen molar-refractivity contribution in [3.05, 3.63) is 29.8 Å². The van der Waals surface area contributed by atoms with E-state index in [1.807, 2.05) is 31.3 Å². The summed E-state index contributed by atoms with van der Waals surface area (Å²) in [6, 6.07) is 7.97. The predicted molar refractivity (Wildman–Crippen MR) is 67.1 cm³/mol. The minimum Gasteiger partial charge on any atom is -0.490 e. The van der Waals surface area contributed by atoms with E-state index in [9.17, 15) is 5.11 Å². The largest absolute Gasteiger partial charge is 0.490 e. The number of aliphatic hydroxyl groups is 2. The maximum Gasteiger partial charge on any atom is 0.124 e. The van der Waals surface area contributed by atoms with Crippen LogP contribution < -0.4 is 10.1 Å². The molecule has 2 unspecified atom stereocenters. The first kappa shape index (κ1) is 14.0. The highest BCUT2D eigenvalue weighted by Gasteiger charge is 2.13. The molecule has 0 amide bonds. The Balaban J connectivity index is 2.76. The van der Waals surface area contributed by atoms with Gasteiger partial charge in [-0.3, -0.25) is 0 Å². The van der Waals surface area contributed by atoms with Gasteiger partial charge in [-0.05, 0) is 19.5 Å². The fourth-order valence-electron chi connectivity index (χ4n) is 1.72. The van der Waals surface area contributed by atoms with Gasteiger partial charge >= 0.3 is 0 Å². The van der Waals surface area contributed by atoms with Gasteiger partial charge in [0.15, 0.2) is 0 Å². The lowest BCUT2D eigenvalue weighted by molar-refractivity contribution is 0.0531. The van der Waals surface area contributed by atoms with Gasteiger partial charge in [0.25, 0.3) is 0 Å². The Kier molecular flexibility index (Phi) is 5.97. The lowest BCUT2D eigenvalue weighted by Gasteiger charge is -2.19. The Morgan fingerprint density at radius 1 is 1.35 bits per heavy atom. The molecule has 4 heteroatoms. The quantitative estimate of drug-likeness (QED) is 0.666. The number of hydrogen-bond acceptors (Lipinski definition) is 4. The molecular weight excluding hydrogens is 218 g/mol. The van der Waals surface area contributed by atoms with Gasteiger partial charge in [0.1, 0.15) is 18.5 Å². The molecule has 0 saturated carbocycles. The molecule has 0 aliphatic carbocycles. The van der Waals surface area contributed by atoms with Crippen LogP contribution in [0.5, 0.6) is 5.75 Å². The summed E-state index contributed by atoms with van der Waals surface area (Å²) in [6.45, 7) is 1.92. The van der Waals surface area contributed by atoms with E-state index in [2.05, 4.69) is 12.2 Å². The van der Waals surface area contributed by atoms with Crippen molar-refractivity contribution in [3.63, 3.8) is 0 Å². The summed E-state index contributed by atoms with van der Waals surface area (Å²) in [5.41, 5.74) is 1.07. The van der Waals surface area contributed by atoms with Gasteiger partial charge in [-0.25, -0.2) is 0 Å². The van der Waals surface area contributed by atoms with Crippen molar-refractivity contribution in [2.75, 3.05) is 20.3 Å². The summed E-state index contributed by atoms with van der Waals surface area (Å²) in [5, 5.41) is 21.2. The molecule has 0 heterocycles. The van der Waals surface area contributed by atoms with Crippen LogP contribution in [0.25, 0.3) is 0 Å². The summed E-state index contributed by atoms with van der Waals surface area (Å²) < 4.78 is 5.52. The lowest BCUT2D eigenvalue weighted by Crippen LogP contribution is -2.23. The topological polar surface area (TPSA) is 61.7 Å². The second-order valence-electron chi connectivity index (χ2n) is 3.93. The molecule has 1 rings (SSSR count). The molecule has 0 aromatic heterocycles. The second kappa shape index (κ2) is 7.27. The van der Waals surface area contributed by atoms with E-state index < -0.39 is 6.10 Å². The fraction of sp³-hybridized carbons (Fsp3) is 0.538. The molecule has 0 radical (unpaired) electrons. The fourth-order valence-corrected chi connectivity index (χ4v) is 1.72. The number of ether oxygens (including phenoxy) is 1. The third-order valence-electron chi connectivity index (χ3n) is 2.69. The van der Waals surface area contributed by atoms with E-state index in [0.717, 1.165) is 17.7 Å². The molecule has 0 aliphatic heterocycles. The Labute approximate surface area is 102 Å². The highest BCUT2D eigenvalue weighted by atomic mass is 16.5. The standard InChI is InChI=1S/C13H21NO3/c1-3-12(14-2)11-6-4-5-7-13(11)17-9-10(16)8-15/h4-7,10,12,14-16H,3,8-9H2,1-2H3. The van der Waals surface area contributed by atoms with Crippen molar-refractivity contribution < 1.29 is 14.9 Å². The summed E-state index contributed by atoms with van der Waals surface area (Å²) >= 11 is 0. The first-order valence-corrected chi connectivity index (χ1v) is 5.90. The molecule has 1 aromatic rings. The minimum absolute atomic E-state index is 0.105. The molecule has 0 spiro atoms. The van der Waals surface area contributed by atoms with Crippen molar-refractivity contribution in [1.29, 1.82) is 0 Å². The maximum atomic E-state index is 9.27. The van der Waals surface area contributed by atoms with Gasteiger partial charge in [-0.2, -0.15) is 0 Å². The highest BCUT2D eigenvalue weighted by molar-refractivity contribution is 5.35. The molecule has 4 nitrogen and oxygen atoms in total. The zero-order valence-corrected chi connectivity index (χ0v) is 10.4.